The van der Waals surface area contributed by atoms with E-state index in [1.54, 1.807) is 32.5 Å². The molecule has 0 N–H and O–H groups in total. The van der Waals surface area contributed by atoms with E-state index < -0.39 is 0 Å². The van der Waals surface area contributed by atoms with Gasteiger partial charge >= 0.3 is 0 Å². The van der Waals surface area contributed by atoms with Crippen molar-refractivity contribution in [3.05, 3.63) is 36.5 Å². The molecular weight excluding hydrogens is 228 g/mol. The predicted molar refractivity (Wildman–Crippen MR) is 71.9 cm³/mol. The topological polar surface area (TPSA) is 44.2 Å². The van der Waals surface area contributed by atoms with E-state index in [2.05, 4.69) is 9.97 Å². The zero-order valence-corrected chi connectivity index (χ0v) is 11.2. The Morgan fingerprint density at radius 2 is 1.61 bits per heavy atom. The lowest BCUT2D eigenvalue weighted by Crippen LogP contribution is -1.91. The van der Waals surface area contributed by atoms with Crippen LogP contribution in [0.25, 0.3) is 11.3 Å². The summed E-state index contributed by atoms with van der Waals surface area (Å²) in [5, 5.41) is 0. The highest BCUT2D eigenvalue weighted by Gasteiger charge is 2.02. The summed E-state index contributed by atoms with van der Waals surface area (Å²) in [6.45, 7) is 4.00. The standard InChI is InChI=1S/C12H12N2O2.C2H6/c1-15-11-7-6-9(8-13-11)10-4-3-5-12(14-10)16-2;1-2/h3-8H,1-2H3;1-2H3. The van der Waals surface area contributed by atoms with Crippen LogP contribution in [0.15, 0.2) is 36.5 Å². The van der Waals surface area contributed by atoms with Crippen molar-refractivity contribution in [1.29, 1.82) is 0 Å². The molecule has 0 atom stereocenters. The second kappa shape index (κ2) is 7.27. The van der Waals surface area contributed by atoms with Crippen molar-refractivity contribution in [1.82, 2.24) is 9.97 Å². The molecule has 0 radical (unpaired) electrons. The molecule has 18 heavy (non-hydrogen) atoms. The van der Waals surface area contributed by atoms with Crippen LogP contribution < -0.4 is 9.47 Å². The predicted octanol–water partition coefficient (Wildman–Crippen LogP) is 3.19. The van der Waals surface area contributed by atoms with Crippen molar-refractivity contribution in [2.24, 2.45) is 0 Å². The van der Waals surface area contributed by atoms with Gasteiger partial charge in [0.15, 0.2) is 0 Å². The molecule has 4 heteroatoms. The average Bonchev–Trinajstić information content (AvgIpc) is 2.49. The van der Waals surface area contributed by atoms with Gasteiger partial charge in [0, 0.05) is 23.9 Å². The Kier molecular flexibility index (Phi) is 5.64. The van der Waals surface area contributed by atoms with Gasteiger partial charge in [0.05, 0.1) is 19.9 Å². The fourth-order valence-corrected chi connectivity index (χ4v) is 1.34. The average molecular weight is 246 g/mol. The summed E-state index contributed by atoms with van der Waals surface area (Å²) in [7, 11) is 3.18. The highest BCUT2D eigenvalue weighted by Crippen LogP contribution is 2.20. The Balaban J connectivity index is 0.000000771. The number of methoxy groups -OCH3 is 2. The van der Waals surface area contributed by atoms with Crippen LogP contribution in [0.5, 0.6) is 11.8 Å². The van der Waals surface area contributed by atoms with Gasteiger partial charge in [-0.25, -0.2) is 9.97 Å². The van der Waals surface area contributed by atoms with Gasteiger partial charge in [-0.3, -0.25) is 0 Å². The van der Waals surface area contributed by atoms with Crippen LogP contribution in [0.3, 0.4) is 0 Å². The molecular formula is C14H18N2O2. The first-order valence-electron chi connectivity index (χ1n) is 5.85. The lowest BCUT2D eigenvalue weighted by atomic mass is 10.2. The first kappa shape index (κ1) is 14.0. The van der Waals surface area contributed by atoms with Crippen LogP contribution in [0.4, 0.5) is 0 Å². The summed E-state index contributed by atoms with van der Waals surface area (Å²) in [6.07, 6.45) is 1.72. The smallest absolute Gasteiger partial charge is 0.213 e. The summed E-state index contributed by atoms with van der Waals surface area (Å²) in [6, 6.07) is 9.32. The molecule has 0 fully saturated rings. The van der Waals surface area contributed by atoms with Crippen molar-refractivity contribution in [2.45, 2.75) is 13.8 Å². The van der Waals surface area contributed by atoms with Gasteiger partial charge in [0.25, 0.3) is 0 Å². The van der Waals surface area contributed by atoms with Crippen molar-refractivity contribution in [2.75, 3.05) is 14.2 Å². The van der Waals surface area contributed by atoms with Gasteiger partial charge in [-0.05, 0) is 12.1 Å². The third kappa shape index (κ3) is 3.45. The molecule has 2 aromatic rings. The zero-order chi connectivity index (χ0) is 13.4. The molecule has 0 aliphatic heterocycles. The van der Waals surface area contributed by atoms with Gasteiger partial charge in [0.2, 0.25) is 11.8 Å². The van der Waals surface area contributed by atoms with Crippen LogP contribution in [0, 0.1) is 0 Å². The summed E-state index contributed by atoms with van der Waals surface area (Å²) in [5.41, 5.74) is 1.76. The van der Waals surface area contributed by atoms with E-state index in [0.717, 1.165) is 11.3 Å². The van der Waals surface area contributed by atoms with Crippen molar-refractivity contribution >= 4 is 0 Å². The van der Waals surface area contributed by atoms with E-state index >= 15 is 0 Å². The molecule has 0 unspecified atom stereocenters. The van der Waals surface area contributed by atoms with Crippen molar-refractivity contribution in [3.63, 3.8) is 0 Å². The number of hydrogen-bond acceptors (Lipinski definition) is 4. The molecule has 0 aliphatic carbocycles. The fourth-order valence-electron chi connectivity index (χ4n) is 1.34. The zero-order valence-electron chi connectivity index (χ0n) is 11.2. The number of ether oxygens (including phenoxy) is 2. The van der Waals surface area contributed by atoms with Gasteiger partial charge in [0.1, 0.15) is 0 Å². The van der Waals surface area contributed by atoms with Crippen molar-refractivity contribution < 1.29 is 9.47 Å². The van der Waals surface area contributed by atoms with Crippen molar-refractivity contribution in [3.8, 4) is 23.0 Å². The Bertz CT molecular complexity index is 469. The summed E-state index contributed by atoms with van der Waals surface area (Å²) >= 11 is 0. The third-order valence-electron chi connectivity index (χ3n) is 2.17. The number of aromatic nitrogens is 2. The Labute approximate surface area is 108 Å². The molecule has 0 aromatic carbocycles. The minimum Gasteiger partial charge on any atom is -0.481 e. The second-order valence-electron chi connectivity index (χ2n) is 3.15. The Morgan fingerprint density at radius 1 is 0.889 bits per heavy atom. The fraction of sp³-hybridized carbons (Fsp3) is 0.286. The molecule has 4 nitrogen and oxygen atoms in total. The number of hydrogen-bond donors (Lipinski definition) is 0. The van der Waals surface area contributed by atoms with E-state index in [4.69, 9.17) is 9.47 Å². The molecule has 0 aliphatic rings. The molecule has 96 valence electrons. The maximum atomic E-state index is 5.07. The molecule has 2 rings (SSSR count). The second-order valence-corrected chi connectivity index (χ2v) is 3.15. The van der Waals surface area contributed by atoms with E-state index in [1.807, 2.05) is 32.0 Å². The molecule has 0 saturated carbocycles. The van der Waals surface area contributed by atoms with E-state index in [0.29, 0.717) is 11.8 Å². The summed E-state index contributed by atoms with van der Waals surface area (Å²) in [4.78, 5) is 8.44. The lowest BCUT2D eigenvalue weighted by Gasteiger charge is -2.04. The quantitative estimate of drug-likeness (QED) is 0.834. The van der Waals surface area contributed by atoms with Crippen LogP contribution in [0.1, 0.15) is 13.8 Å². The lowest BCUT2D eigenvalue weighted by molar-refractivity contribution is 0.397. The van der Waals surface area contributed by atoms with Gasteiger partial charge in [-0.1, -0.05) is 19.9 Å². The minimum absolute atomic E-state index is 0.589. The van der Waals surface area contributed by atoms with E-state index in [9.17, 15) is 0 Å². The molecule has 0 amide bonds. The maximum absolute atomic E-state index is 5.07. The van der Waals surface area contributed by atoms with Crippen LogP contribution in [-0.2, 0) is 0 Å². The highest BCUT2D eigenvalue weighted by atomic mass is 16.5. The van der Waals surface area contributed by atoms with E-state index in [-0.39, 0.29) is 0 Å². The monoisotopic (exact) mass is 246 g/mol. The van der Waals surface area contributed by atoms with Gasteiger partial charge in [-0.15, -0.1) is 0 Å². The minimum atomic E-state index is 0.589. The molecule has 2 aromatic heterocycles. The van der Waals surface area contributed by atoms with E-state index in [1.165, 1.54) is 0 Å². The Hall–Kier alpha value is -2.10. The van der Waals surface area contributed by atoms with Crippen LogP contribution in [0.2, 0.25) is 0 Å². The first-order valence-corrected chi connectivity index (χ1v) is 5.85. The molecule has 0 bridgehead atoms. The van der Waals surface area contributed by atoms with Crippen LogP contribution >= 0.6 is 0 Å². The molecule has 0 spiro atoms. The third-order valence-corrected chi connectivity index (χ3v) is 2.17. The van der Waals surface area contributed by atoms with Crippen LogP contribution in [-0.4, -0.2) is 24.2 Å². The van der Waals surface area contributed by atoms with Gasteiger partial charge < -0.3 is 9.47 Å². The highest BCUT2D eigenvalue weighted by molar-refractivity contribution is 5.58. The maximum Gasteiger partial charge on any atom is 0.213 e. The Morgan fingerprint density at radius 3 is 2.17 bits per heavy atom. The van der Waals surface area contributed by atoms with Gasteiger partial charge in [-0.2, -0.15) is 0 Å². The molecule has 0 saturated heterocycles. The largest absolute Gasteiger partial charge is 0.481 e. The number of nitrogens with zero attached hydrogens (tertiary/aromatic N) is 2. The normalized spacial score (nSPS) is 9.11. The summed E-state index contributed by atoms with van der Waals surface area (Å²) < 4.78 is 10.1. The number of pyridine rings is 2. The number of rotatable bonds is 3. The SMILES string of the molecule is CC.COc1ccc(-c2cccc(OC)n2)cn1. The molecule has 2 heterocycles. The first-order chi connectivity index (χ1) is 8.83. The summed E-state index contributed by atoms with van der Waals surface area (Å²) in [5.74, 6) is 1.18.